The summed E-state index contributed by atoms with van der Waals surface area (Å²) in [6, 6.07) is 11.8. The molecule has 114 valence electrons. The number of rotatable bonds is 5. The second kappa shape index (κ2) is 7.21. The fraction of sp³-hybridized carbons (Fsp3) is 0.188. The lowest BCUT2D eigenvalue weighted by atomic mass is 10.1. The molecule has 0 aliphatic carbocycles. The first-order valence-electron chi connectivity index (χ1n) is 6.84. The van der Waals surface area contributed by atoms with Gasteiger partial charge < -0.3 is 15.6 Å². The first kappa shape index (κ1) is 15.5. The predicted molar refractivity (Wildman–Crippen MR) is 82.4 cm³/mol. The highest BCUT2D eigenvalue weighted by Gasteiger charge is 2.07. The number of amides is 2. The van der Waals surface area contributed by atoms with Crippen molar-refractivity contribution in [2.24, 2.45) is 0 Å². The summed E-state index contributed by atoms with van der Waals surface area (Å²) in [4.78, 5) is 37.2. The number of pyridine rings is 1. The van der Waals surface area contributed by atoms with E-state index in [4.69, 9.17) is 0 Å². The van der Waals surface area contributed by atoms with Gasteiger partial charge in [0.15, 0.2) is 0 Å². The third-order valence-electron chi connectivity index (χ3n) is 3.03. The monoisotopic (exact) mass is 299 g/mol. The Kier molecular flexibility index (Phi) is 5.08. The van der Waals surface area contributed by atoms with E-state index in [1.54, 1.807) is 24.3 Å². The summed E-state index contributed by atoms with van der Waals surface area (Å²) in [5.74, 6) is -0.631. The number of H-pyrrole nitrogens is 1. The minimum absolute atomic E-state index is 0.121. The van der Waals surface area contributed by atoms with Crippen LogP contribution in [0, 0.1) is 6.92 Å². The molecule has 2 rings (SSSR count). The van der Waals surface area contributed by atoms with E-state index >= 15 is 0 Å². The molecule has 0 saturated heterocycles. The molecular weight excluding hydrogens is 282 g/mol. The highest BCUT2D eigenvalue weighted by molar-refractivity contribution is 5.96. The van der Waals surface area contributed by atoms with Gasteiger partial charge in [-0.3, -0.25) is 14.4 Å². The molecule has 2 aromatic rings. The van der Waals surface area contributed by atoms with Gasteiger partial charge in [0.1, 0.15) is 0 Å². The Morgan fingerprint density at radius 2 is 1.77 bits per heavy atom. The zero-order chi connectivity index (χ0) is 15.9. The Bertz CT molecular complexity index is 720. The van der Waals surface area contributed by atoms with Crippen LogP contribution in [0.15, 0.2) is 47.3 Å². The fourth-order valence-electron chi connectivity index (χ4n) is 1.82. The van der Waals surface area contributed by atoms with Crippen molar-refractivity contribution in [3.05, 3.63) is 69.6 Å². The smallest absolute Gasteiger partial charge is 0.251 e. The van der Waals surface area contributed by atoms with Gasteiger partial charge in [0, 0.05) is 17.3 Å². The van der Waals surface area contributed by atoms with Crippen LogP contribution >= 0.6 is 0 Å². The number of aryl methyl sites for hydroxylation is 1. The zero-order valence-electron chi connectivity index (χ0n) is 12.2. The number of benzene rings is 1. The second-order valence-electron chi connectivity index (χ2n) is 4.87. The molecule has 6 nitrogen and oxygen atoms in total. The van der Waals surface area contributed by atoms with Crippen molar-refractivity contribution in [2.75, 3.05) is 6.54 Å². The molecule has 1 heterocycles. The molecule has 0 spiro atoms. The molecule has 1 aromatic heterocycles. The Morgan fingerprint density at radius 1 is 1.05 bits per heavy atom. The van der Waals surface area contributed by atoms with Crippen LogP contribution in [0.3, 0.4) is 0 Å². The molecule has 2 amide bonds. The minimum atomic E-state index is -0.329. The number of aromatic amines is 1. The van der Waals surface area contributed by atoms with Gasteiger partial charge in [0.25, 0.3) is 5.91 Å². The van der Waals surface area contributed by atoms with Crippen molar-refractivity contribution in [1.29, 1.82) is 0 Å². The van der Waals surface area contributed by atoms with Gasteiger partial charge in [-0.15, -0.1) is 0 Å². The molecule has 22 heavy (non-hydrogen) atoms. The van der Waals surface area contributed by atoms with Crippen molar-refractivity contribution in [1.82, 2.24) is 15.6 Å². The molecule has 0 unspecified atom stereocenters. The maximum atomic E-state index is 11.8. The number of aromatic nitrogens is 1. The quantitative estimate of drug-likeness (QED) is 0.760. The highest BCUT2D eigenvalue weighted by atomic mass is 16.2. The van der Waals surface area contributed by atoms with E-state index in [2.05, 4.69) is 15.6 Å². The van der Waals surface area contributed by atoms with Crippen LogP contribution in [0.5, 0.6) is 0 Å². The van der Waals surface area contributed by atoms with Crippen molar-refractivity contribution >= 4 is 11.8 Å². The number of hydrogen-bond donors (Lipinski definition) is 3. The molecular formula is C16H17N3O3. The summed E-state index contributed by atoms with van der Waals surface area (Å²) >= 11 is 0. The first-order chi connectivity index (χ1) is 10.5. The molecule has 0 saturated carbocycles. The van der Waals surface area contributed by atoms with Crippen molar-refractivity contribution in [2.45, 2.75) is 13.5 Å². The zero-order valence-corrected chi connectivity index (χ0v) is 12.2. The van der Waals surface area contributed by atoms with Crippen molar-refractivity contribution in [3.63, 3.8) is 0 Å². The third kappa shape index (κ3) is 4.59. The van der Waals surface area contributed by atoms with Crippen molar-refractivity contribution in [3.8, 4) is 0 Å². The average molecular weight is 299 g/mol. The molecule has 0 radical (unpaired) electrons. The molecule has 0 bridgehead atoms. The van der Waals surface area contributed by atoms with Crippen LogP contribution < -0.4 is 16.2 Å². The van der Waals surface area contributed by atoms with Gasteiger partial charge in [-0.2, -0.15) is 0 Å². The van der Waals surface area contributed by atoms with Gasteiger partial charge in [0.05, 0.1) is 13.1 Å². The van der Waals surface area contributed by atoms with E-state index in [1.807, 2.05) is 19.1 Å². The van der Waals surface area contributed by atoms with Crippen LogP contribution in [-0.4, -0.2) is 23.3 Å². The summed E-state index contributed by atoms with van der Waals surface area (Å²) in [5, 5.41) is 5.16. The number of nitrogens with one attached hydrogen (secondary N) is 3. The van der Waals surface area contributed by atoms with Crippen LogP contribution in [0.25, 0.3) is 0 Å². The van der Waals surface area contributed by atoms with Crippen LogP contribution in [0.2, 0.25) is 0 Å². The van der Waals surface area contributed by atoms with Crippen molar-refractivity contribution < 1.29 is 9.59 Å². The lowest BCUT2D eigenvalue weighted by molar-refractivity contribution is -0.120. The number of hydrogen-bond acceptors (Lipinski definition) is 3. The maximum Gasteiger partial charge on any atom is 0.251 e. The standard InChI is InChI=1S/C16H17N3O3/c1-11-5-7-12(8-6-11)16(22)18-10-15(21)17-9-13-3-2-4-14(20)19-13/h2-8H,9-10H2,1H3,(H,17,21)(H,18,22)(H,19,20). The molecule has 0 atom stereocenters. The number of carbonyl (C=O) groups excluding carboxylic acids is 2. The SMILES string of the molecule is Cc1ccc(C(=O)NCC(=O)NCc2cccc(=O)[nH]2)cc1. The van der Waals surface area contributed by atoms with Gasteiger partial charge in [0.2, 0.25) is 11.5 Å². The van der Waals surface area contributed by atoms with Gasteiger partial charge in [-0.1, -0.05) is 23.8 Å². The summed E-state index contributed by atoms with van der Waals surface area (Å²) < 4.78 is 0. The molecule has 1 aromatic carbocycles. The second-order valence-corrected chi connectivity index (χ2v) is 4.87. The molecule has 6 heteroatoms. The van der Waals surface area contributed by atoms with Crippen LogP contribution in [0.1, 0.15) is 21.6 Å². The maximum absolute atomic E-state index is 11.8. The highest BCUT2D eigenvalue weighted by Crippen LogP contribution is 2.02. The Labute approximate surface area is 127 Å². The fourth-order valence-corrected chi connectivity index (χ4v) is 1.82. The van der Waals surface area contributed by atoms with Crippen LogP contribution in [0.4, 0.5) is 0 Å². The summed E-state index contributed by atoms with van der Waals surface area (Å²) in [6.45, 7) is 2.02. The molecule has 0 aliphatic heterocycles. The van der Waals surface area contributed by atoms with E-state index in [-0.39, 0.29) is 30.5 Å². The lowest BCUT2D eigenvalue weighted by Gasteiger charge is -2.07. The minimum Gasteiger partial charge on any atom is -0.349 e. The predicted octanol–water partition coefficient (Wildman–Crippen LogP) is 0.730. The Balaban J connectivity index is 1.79. The van der Waals surface area contributed by atoms with E-state index in [9.17, 15) is 14.4 Å². The largest absolute Gasteiger partial charge is 0.349 e. The first-order valence-corrected chi connectivity index (χ1v) is 6.84. The topological polar surface area (TPSA) is 91.1 Å². The number of carbonyl (C=O) groups is 2. The summed E-state index contributed by atoms with van der Waals surface area (Å²) in [6.07, 6.45) is 0. The summed E-state index contributed by atoms with van der Waals surface area (Å²) in [5.41, 5.74) is 1.95. The van der Waals surface area contributed by atoms with Gasteiger partial charge in [-0.05, 0) is 25.1 Å². The molecule has 0 fully saturated rings. The average Bonchev–Trinajstić information content (AvgIpc) is 2.51. The molecule has 3 N–H and O–H groups in total. The van der Waals surface area contributed by atoms with Gasteiger partial charge in [-0.25, -0.2) is 0 Å². The lowest BCUT2D eigenvalue weighted by Crippen LogP contribution is -2.36. The normalized spacial score (nSPS) is 10.0. The summed E-state index contributed by atoms with van der Waals surface area (Å²) in [7, 11) is 0. The Morgan fingerprint density at radius 3 is 2.45 bits per heavy atom. The van der Waals surface area contributed by atoms with Crippen LogP contribution in [-0.2, 0) is 11.3 Å². The van der Waals surface area contributed by atoms with E-state index in [0.29, 0.717) is 11.3 Å². The Hall–Kier alpha value is -2.89. The third-order valence-corrected chi connectivity index (χ3v) is 3.03. The van der Waals surface area contributed by atoms with Gasteiger partial charge >= 0.3 is 0 Å². The van der Waals surface area contributed by atoms with E-state index in [0.717, 1.165) is 5.56 Å². The van der Waals surface area contributed by atoms with E-state index < -0.39 is 0 Å². The molecule has 0 aliphatic rings. The van der Waals surface area contributed by atoms with E-state index in [1.165, 1.54) is 6.07 Å².